The highest BCUT2D eigenvalue weighted by Gasteiger charge is 2.37. The Morgan fingerprint density at radius 1 is 1.09 bits per heavy atom. The summed E-state index contributed by atoms with van der Waals surface area (Å²) in [5, 5.41) is 5.09. The summed E-state index contributed by atoms with van der Waals surface area (Å²) in [7, 11) is -2.26. The van der Waals surface area contributed by atoms with E-state index < -0.39 is 27.9 Å². The van der Waals surface area contributed by atoms with Gasteiger partial charge in [0, 0.05) is 19.1 Å². The third kappa shape index (κ3) is 4.94. The van der Waals surface area contributed by atoms with Crippen molar-refractivity contribution >= 4 is 27.5 Å². The maximum absolute atomic E-state index is 13.4. The number of rotatable bonds is 6. The van der Waals surface area contributed by atoms with Crippen molar-refractivity contribution in [2.24, 2.45) is 0 Å². The lowest BCUT2D eigenvalue weighted by molar-refractivity contribution is -0.136. The number of anilines is 1. The standard InChI is InChI=1S/C23H29N3O5S/c1-15-12-16(2)21(17(3)13-15)32(29,30)26-11-7-8-18(26)14-24-22(27)23(28)25-19-9-5-6-10-20(19)31-4/h5-6,9-10,12-13,18H,7-8,11,14H2,1-4H3,(H,24,27)(H,25,28)/t18-/m1/s1. The van der Waals surface area contributed by atoms with Crippen LogP contribution in [0.1, 0.15) is 29.5 Å². The minimum atomic E-state index is -3.73. The Morgan fingerprint density at radius 2 is 1.75 bits per heavy atom. The summed E-state index contributed by atoms with van der Waals surface area (Å²) >= 11 is 0. The van der Waals surface area contributed by atoms with Crippen LogP contribution < -0.4 is 15.4 Å². The number of carbonyl (C=O) groups is 2. The van der Waals surface area contributed by atoms with Crippen LogP contribution in [0, 0.1) is 20.8 Å². The fraction of sp³-hybridized carbons (Fsp3) is 0.391. The Labute approximate surface area is 189 Å². The van der Waals surface area contributed by atoms with Gasteiger partial charge in [0.15, 0.2) is 0 Å². The SMILES string of the molecule is COc1ccccc1NC(=O)C(=O)NC[C@H]1CCCN1S(=O)(=O)c1c(C)cc(C)cc1C. The molecule has 0 bridgehead atoms. The first-order chi connectivity index (χ1) is 15.1. The molecular formula is C23H29N3O5S. The molecule has 1 heterocycles. The zero-order valence-electron chi connectivity index (χ0n) is 18.8. The topological polar surface area (TPSA) is 105 Å². The number of carbonyl (C=O) groups excluding carboxylic acids is 2. The Hall–Kier alpha value is -2.91. The van der Waals surface area contributed by atoms with Gasteiger partial charge in [0.25, 0.3) is 0 Å². The molecule has 2 amide bonds. The van der Waals surface area contributed by atoms with Gasteiger partial charge in [-0.15, -0.1) is 0 Å². The van der Waals surface area contributed by atoms with Crippen LogP contribution in [-0.2, 0) is 19.6 Å². The number of nitrogens with one attached hydrogen (secondary N) is 2. The molecule has 0 aromatic heterocycles. The van der Waals surface area contributed by atoms with Gasteiger partial charge in [-0.1, -0.05) is 29.8 Å². The summed E-state index contributed by atoms with van der Waals surface area (Å²) in [6.45, 7) is 5.95. The molecule has 0 spiro atoms. The predicted octanol–water partition coefficient (Wildman–Crippen LogP) is 2.53. The average molecular weight is 460 g/mol. The first-order valence-electron chi connectivity index (χ1n) is 10.5. The van der Waals surface area contributed by atoms with E-state index in [1.165, 1.54) is 11.4 Å². The molecule has 0 aliphatic carbocycles. The highest BCUT2D eigenvalue weighted by atomic mass is 32.2. The molecule has 1 aliphatic heterocycles. The van der Waals surface area contributed by atoms with Crippen molar-refractivity contribution in [2.45, 2.75) is 44.6 Å². The Kier molecular flexibility index (Phi) is 7.20. The number of amides is 2. The molecule has 2 aromatic carbocycles. The maximum Gasteiger partial charge on any atom is 0.313 e. The second-order valence-corrected chi connectivity index (χ2v) is 9.83. The molecule has 0 unspecified atom stereocenters. The van der Waals surface area contributed by atoms with E-state index in [4.69, 9.17) is 4.74 Å². The van der Waals surface area contributed by atoms with Crippen molar-refractivity contribution in [3.05, 3.63) is 53.1 Å². The van der Waals surface area contributed by atoms with E-state index in [1.807, 2.05) is 19.1 Å². The Bertz CT molecular complexity index is 1110. The summed E-state index contributed by atoms with van der Waals surface area (Å²) in [4.78, 5) is 25.0. The second kappa shape index (κ2) is 9.70. The van der Waals surface area contributed by atoms with E-state index in [1.54, 1.807) is 38.1 Å². The molecule has 1 saturated heterocycles. The van der Waals surface area contributed by atoms with E-state index in [-0.39, 0.29) is 6.54 Å². The number of benzene rings is 2. The largest absolute Gasteiger partial charge is 0.495 e. The number of ether oxygens (including phenoxy) is 1. The van der Waals surface area contributed by atoms with Crippen molar-refractivity contribution in [2.75, 3.05) is 25.5 Å². The smallest absolute Gasteiger partial charge is 0.313 e. The van der Waals surface area contributed by atoms with Crippen molar-refractivity contribution < 1.29 is 22.7 Å². The van der Waals surface area contributed by atoms with Crippen LogP contribution in [0.15, 0.2) is 41.3 Å². The summed E-state index contributed by atoms with van der Waals surface area (Å²) in [6, 6.07) is 10.1. The molecule has 0 radical (unpaired) electrons. The Morgan fingerprint density at radius 3 is 2.41 bits per heavy atom. The van der Waals surface area contributed by atoms with Gasteiger partial charge in [-0.2, -0.15) is 4.31 Å². The molecule has 0 saturated carbocycles. The Balaban J connectivity index is 1.69. The molecule has 1 atom stereocenters. The van der Waals surface area contributed by atoms with Gasteiger partial charge in [-0.25, -0.2) is 8.42 Å². The fourth-order valence-corrected chi connectivity index (χ4v) is 6.35. The van der Waals surface area contributed by atoms with Crippen LogP contribution in [0.5, 0.6) is 5.75 Å². The number of sulfonamides is 1. The van der Waals surface area contributed by atoms with Crippen LogP contribution in [-0.4, -0.2) is 50.8 Å². The number of hydrogen-bond donors (Lipinski definition) is 2. The van der Waals surface area contributed by atoms with Crippen LogP contribution in [0.4, 0.5) is 5.69 Å². The zero-order valence-corrected chi connectivity index (χ0v) is 19.6. The van der Waals surface area contributed by atoms with Crippen LogP contribution in [0.2, 0.25) is 0 Å². The monoisotopic (exact) mass is 459 g/mol. The van der Waals surface area contributed by atoms with Gasteiger partial charge in [0.05, 0.1) is 17.7 Å². The highest BCUT2D eigenvalue weighted by molar-refractivity contribution is 7.89. The van der Waals surface area contributed by atoms with E-state index in [2.05, 4.69) is 10.6 Å². The number of aryl methyl sites for hydroxylation is 3. The third-order valence-electron chi connectivity index (χ3n) is 5.55. The normalized spacial score (nSPS) is 16.6. The molecule has 9 heteroatoms. The van der Waals surface area contributed by atoms with Crippen LogP contribution in [0.25, 0.3) is 0 Å². The first kappa shape index (κ1) is 23.7. The third-order valence-corrected chi connectivity index (χ3v) is 7.81. The van der Waals surface area contributed by atoms with E-state index in [0.29, 0.717) is 46.8 Å². The van der Waals surface area contributed by atoms with E-state index in [9.17, 15) is 18.0 Å². The maximum atomic E-state index is 13.4. The molecule has 8 nitrogen and oxygen atoms in total. The minimum Gasteiger partial charge on any atom is -0.495 e. The van der Waals surface area contributed by atoms with Gasteiger partial charge < -0.3 is 15.4 Å². The number of para-hydroxylation sites is 2. The summed E-state index contributed by atoms with van der Waals surface area (Å²) < 4.78 is 33.4. The molecule has 1 fully saturated rings. The molecule has 2 N–H and O–H groups in total. The molecule has 172 valence electrons. The quantitative estimate of drug-likeness (QED) is 0.646. The molecule has 32 heavy (non-hydrogen) atoms. The predicted molar refractivity (Wildman–Crippen MR) is 122 cm³/mol. The van der Waals surface area contributed by atoms with E-state index >= 15 is 0 Å². The van der Waals surface area contributed by atoms with Gasteiger partial charge >= 0.3 is 11.8 Å². The molecule has 2 aromatic rings. The zero-order chi connectivity index (χ0) is 23.5. The van der Waals surface area contributed by atoms with Gasteiger partial charge in [-0.05, 0) is 56.9 Å². The lowest BCUT2D eigenvalue weighted by Crippen LogP contribution is -2.45. The number of nitrogens with zero attached hydrogens (tertiary/aromatic N) is 1. The molecule has 3 rings (SSSR count). The fourth-order valence-electron chi connectivity index (χ4n) is 4.24. The van der Waals surface area contributed by atoms with Crippen molar-refractivity contribution in [1.29, 1.82) is 0 Å². The lowest BCUT2D eigenvalue weighted by atomic mass is 10.1. The van der Waals surface area contributed by atoms with Crippen LogP contribution in [0.3, 0.4) is 0 Å². The average Bonchev–Trinajstić information content (AvgIpc) is 3.21. The van der Waals surface area contributed by atoms with Crippen molar-refractivity contribution in [3.8, 4) is 5.75 Å². The van der Waals surface area contributed by atoms with Crippen molar-refractivity contribution in [1.82, 2.24) is 9.62 Å². The van der Waals surface area contributed by atoms with Gasteiger partial charge in [0.2, 0.25) is 10.0 Å². The molecule has 1 aliphatic rings. The highest BCUT2D eigenvalue weighted by Crippen LogP contribution is 2.30. The number of hydrogen-bond acceptors (Lipinski definition) is 5. The van der Waals surface area contributed by atoms with Gasteiger partial charge in [0.1, 0.15) is 5.75 Å². The van der Waals surface area contributed by atoms with E-state index in [0.717, 1.165) is 5.56 Å². The molecular weight excluding hydrogens is 430 g/mol. The summed E-state index contributed by atoms with van der Waals surface area (Å²) in [6.07, 6.45) is 1.30. The van der Waals surface area contributed by atoms with Gasteiger partial charge in [-0.3, -0.25) is 9.59 Å². The van der Waals surface area contributed by atoms with Crippen molar-refractivity contribution in [3.63, 3.8) is 0 Å². The second-order valence-electron chi connectivity index (χ2n) is 8.00. The number of methoxy groups -OCH3 is 1. The van der Waals surface area contributed by atoms with Crippen LogP contribution >= 0.6 is 0 Å². The minimum absolute atomic E-state index is 0.0569. The first-order valence-corrected chi connectivity index (χ1v) is 11.9. The lowest BCUT2D eigenvalue weighted by Gasteiger charge is -2.26. The summed E-state index contributed by atoms with van der Waals surface area (Å²) in [5.41, 5.74) is 2.79. The summed E-state index contributed by atoms with van der Waals surface area (Å²) in [5.74, 6) is -1.24.